The summed E-state index contributed by atoms with van der Waals surface area (Å²) in [7, 11) is 0. The normalized spacial score (nSPS) is 14.2. The highest BCUT2D eigenvalue weighted by atomic mass is 15.0. The van der Waals surface area contributed by atoms with Crippen LogP contribution < -0.4 is 5.73 Å². The third-order valence-electron chi connectivity index (χ3n) is 4.88. The second-order valence-corrected chi connectivity index (χ2v) is 6.57. The minimum Gasteiger partial charge on any atom is -0.330 e. The fourth-order valence-electron chi connectivity index (χ4n) is 3.68. The Morgan fingerprint density at radius 3 is 2.74 bits per heavy atom. The van der Waals surface area contributed by atoms with Gasteiger partial charge < -0.3 is 10.1 Å². The number of pyridine rings is 1. The number of hydrogen-bond donors (Lipinski definition) is 1. The molecule has 0 fully saturated rings. The molecule has 4 rings (SSSR count). The maximum absolute atomic E-state index is 5.86. The van der Waals surface area contributed by atoms with E-state index in [2.05, 4.69) is 47.9 Å². The summed E-state index contributed by atoms with van der Waals surface area (Å²) in [6, 6.07) is 11.2. The average Bonchev–Trinajstić information content (AvgIpc) is 2.92. The number of aryl methyl sites for hydroxylation is 3. The monoisotopic (exact) mass is 305 g/mol. The molecule has 0 bridgehead atoms. The van der Waals surface area contributed by atoms with Crippen molar-refractivity contribution in [2.75, 3.05) is 6.54 Å². The number of nitrogens with zero attached hydrogens (tertiary/aromatic N) is 2. The molecule has 0 amide bonds. The number of imidazole rings is 1. The van der Waals surface area contributed by atoms with Crippen LogP contribution in [0.1, 0.15) is 35.2 Å². The molecule has 3 nitrogen and oxygen atoms in total. The third-order valence-corrected chi connectivity index (χ3v) is 4.88. The fraction of sp³-hybridized carbons (Fsp3) is 0.350. The Balaban J connectivity index is 1.88. The molecule has 1 aliphatic carbocycles. The zero-order valence-corrected chi connectivity index (χ0v) is 13.7. The Bertz CT molecular complexity index is 861. The summed E-state index contributed by atoms with van der Waals surface area (Å²) in [6.07, 6.45) is 7.99. The van der Waals surface area contributed by atoms with Gasteiger partial charge in [0.15, 0.2) is 0 Å². The lowest BCUT2D eigenvalue weighted by Crippen LogP contribution is -2.07. The molecule has 0 aliphatic heterocycles. The number of fused-ring (bicyclic) bond motifs is 2. The van der Waals surface area contributed by atoms with E-state index in [9.17, 15) is 0 Å². The van der Waals surface area contributed by atoms with Crippen LogP contribution in [0.4, 0.5) is 0 Å². The lowest BCUT2D eigenvalue weighted by molar-refractivity contribution is 0.686. The van der Waals surface area contributed by atoms with Crippen LogP contribution in [-0.2, 0) is 19.3 Å². The molecule has 0 atom stereocenters. The molecule has 3 aromatic rings. The van der Waals surface area contributed by atoms with Crippen LogP contribution in [-0.4, -0.2) is 15.9 Å². The molecule has 0 unspecified atom stereocenters. The molecule has 1 aromatic carbocycles. The predicted octanol–water partition coefficient (Wildman–Crippen LogP) is 3.69. The van der Waals surface area contributed by atoms with Crippen LogP contribution in [0.15, 0.2) is 36.5 Å². The van der Waals surface area contributed by atoms with Crippen molar-refractivity contribution in [3.05, 3.63) is 58.9 Å². The van der Waals surface area contributed by atoms with Gasteiger partial charge in [-0.05, 0) is 74.0 Å². The molecule has 118 valence electrons. The number of aromatic nitrogens is 2. The number of rotatable bonds is 3. The Kier molecular flexibility index (Phi) is 3.66. The van der Waals surface area contributed by atoms with Crippen molar-refractivity contribution < 1.29 is 0 Å². The molecule has 23 heavy (non-hydrogen) atoms. The summed E-state index contributed by atoms with van der Waals surface area (Å²) in [5, 5.41) is 0. The van der Waals surface area contributed by atoms with Crippen molar-refractivity contribution in [3.63, 3.8) is 0 Å². The van der Waals surface area contributed by atoms with E-state index < -0.39 is 0 Å². The van der Waals surface area contributed by atoms with Crippen molar-refractivity contribution >= 4 is 5.65 Å². The summed E-state index contributed by atoms with van der Waals surface area (Å²) < 4.78 is 2.19. The Hall–Kier alpha value is -2.13. The Labute approximate surface area is 137 Å². The molecule has 1 aliphatic rings. The van der Waals surface area contributed by atoms with Gasteiger partial charge in [-0.1, -0.05) is 12.1 Å². The summed E-state index contributed by atoms with van der Waals surface area (Å²) in [6.45, 7) is 2.75. The summed E-state index contributed by atoms with van der Waals surface area (Å²) in [5.41, 5.74) is 14.7. The smallest absolute Gasteiger partial charge is 0.137 e. The maximum Gasteiger partial charge on any atom is 0.137 e. The minimum absolute atomic E-state index is 0.639. The fourth-order valence-corrected chi connectivity index (χ4v) is 3.68. The van der Waals surface area contributed by atoms with E-state index in [1.807, 2.05) is 0 Å². The first-order valence-electron chi connectivity index (χ1n) is 8.56. The molecular formula is C20H23N3. The highest BCUT2D eigenvalue weighted by Crippen LogP contribution is 2.30. The lowest BCUT2D eigenvalue weighted by atomic mass is 9.89. The van der Waals surface area contributed by atoms with Gasteiger partial charge in [-0.25, -0.2) is 4.98 Å². The third kappa shape index (κ3) is 2.55. The molecule has 0 spiro atoms. The molecular weight excluding hydrogens is 282 g/mol. The van der Waals surface area contributed by atoms with Crippen molar-refractivity contribution in [2.24, 2.45) is 5.73 Å². The highest BCUT2D eigenvalue weighted by molar-refractivity contribution is 5.68. The molecule has 0 radical (unpaired) electrons. The number of nitrogens with two attached hydrogens (primary N) is 1. The van der Waals surface area contributed by atoms with Gasteiger partial charge in [-0.2, -0.15) is 0 Å². The Morgan fingerprint density at radius 1 is 1.09 bits per heavy atom. The predicted molar refractivity (Wildman–Crippen MR) is 94.8 cm³/mol. The topological polar surface area (TPSA) is 43.3 Å². The van der Waals surface area contributed by atoms with E-state index in [4.69, 9.17) is 10.7 Å². The van der Waals surface area contributed by atoms with Crippen LogP contribution >= 0.6 is 0 Å². The SMILES string of the molecule is Cc1ccn2c(CCN)c(-c3ccc4c(c3)CCCC4)nc2c1. The minimum atomic E-state index is 0.639. The van der Waals surface area contributed by atoms with Crippen LogP contribution in [0, 0.1) is 6.92 Å². The zero-order chi connectivity index (χ0) is 15.8. The maximum atomic E-state index is 5.86. The largest absolute Gasteiger partial charge is 0.330 e. The lowest BCUT2D eigenvalue weighted by Gasteiger charge is -2.16. The van der Waals surface area contributed by atoms with Crippen LogP contribution in [0.2, 0.25) is 0 Å². The number of benzene rings is 1. The van der Waals surface area contributed by atoms with Gasteiger partial charge >= 0.3 is 0 Å². The first-order chi connectivity index (χ1) is 11.3. The van der Waals surface area contributed by atoms with Crippen molar-refractivity contribution in [1.82, 2.24) is 9.38 Å². The molecule has 2 aromatic heterocycles. The zero-order valence-electron chi connectivity index (χ0n) is 13.7. The van der Waals surface area contributed by atoms with Crippen molar-refractivity contribution in [3.8, 4) is 11.3 Å². The van der Waals surface area contributed by atoms with Crippen LogP contribution in [0.5, 0.6) is 0 Å². The first-order valence-corrected chi connectivity index (χ1v) is 8.56. The quantitative estimate of drug-likeness (QED) is 0.802. The summed E-state index contributed by atoms with van der Waals surface area (Å²) in [4.78, 5) is 4.92. The van der Waals surface area contributed by atoms with Gasteiger partial charge in [0.05, 0.1) is 11.4 Å². The van der Waals surface area contributed by atoms with E-state index in [0.29, 0.717) is 6.54 Å². The van der Waals surface area contributed by atoms with Crippen LogP contribution in [0.3, 0.4) is 0 Å². The van der Waals surface area contributed by atoms with E-state index in [0.717, 1.165) is 17.8 Å². The van der Waals surface area contributed by atoms with E-state index >= 15 is 0 Å². The summed E-state index contributed by atoms with van der Waals surface area (Å²) in [5.74, 6) is 0. The van der Waals surface area contributed by atoms with Crippen molar-refractivity contribution in [1.29, 1.82) is 0 Å². The second-order valence-electron chi connectivity index (χ2n) is 6.57. The highest BCUT2D eigenvalue weighted by Gasteiger charge is 2.16. The number of hydrogen-bond acceptors (Lipinski definition) is 2. The van der Waals surface area contributed by atoms with Crippen molar-refractivity contribution in [2.45, 2.75) is 39.0 Å². The first kappa shape index (κ1) is 14.5. The summed E-state index contributed by atoms with van der Waals surface area (Å²) >= 11 is 0. The molecule has 3 heteroatoms. The van der Waals surface area contributed by atoms with E-state index in [1.54, 1.807) is 0 Å². The molecule has 0 saturated carbocycles. The van der Waals surface area contributed by atoms with Gasteiger partial charge in [0.1, 0.15) is 5.65 Å². The van der Waals surface area contributed by atoms with E-state index in [-0.39, 0.29) is 0 Å². The van der Waals surface area contributed by atoms with Gasteiger partial charge in [0, 0.05) is 18.2 Å². The van der Waals surface area contributed by atoms with Gasteiger partial charge in [0.25, 0.3) is 0 Å². The van der Waals surface area contributed by atoms with Gasteiger partial charge in [-0.15, -0.1) is 0 Å². The standard InChI is InChI=1S/C20H23N3/c1-14-9-11-23-18(8-10-21)20(22-19(23)12-14)17-7-6-15-4-2-3-5-16(15)13-17/h6-7,9,11-13H,2-5,8,10,21H2,1H3. The molecule has 0 saturated heterocycles. The average molecular weight is 305 g/mol. The van der Waals surface area contributed by atoms with Crippen LogP contribution in [0.25, 0.3) is 16.9 Å². The molecule has 2 N–H and O–H groups in total. The molecule has 2 heterocycles. The van der Waals surface area contributed by atoms with Gasteiger partial charge in [-0.3, -0.25) is 0 Å². The Morgan fingerprint density at radius 2 is 1.91 bits per heavy atom. The van der Waals surface area contributed by atoms with E-state index in [1.165, 1.54) is 53.6 Å². The second kappa shape index (κ2) is 5.82. The van der Waals surface area contributed by atoms with Gasteiger partial charge in [0.2, 0.25) is 0 Å².